The lowest BCUT2D eigenvalue weighted by atomic mass is 10.0. The highest BCUT2D eigenvalue weighted by Gasteiger charge is 2.27. The summed E-state index contributed by atoms with van der Waals surface area (Å²) in [5, 5.41) is 14.3. The van der Waals surface area contributed by atoms with Crippen LogP contribution in [-0.4, -0.2) is 54.8 Å². The second-order valence-electron chi connectivity index (χ2n) is 8.37. The molecule has 31 heavy (non-hydrogen) atoms. The first-order valence-electron chi connectivity index (χ1n) is 11.3. The van der Waals surface area contributed by atoms with E-state index in [9.17, 15) is 9.90 Å². The average Bonchev–Trinajstić information content (AvgIpc) is 3.32. The molecule has 0 bridgehead atoms. The molecule has 4 rings (SSSR count). The third-order valence-corrected chi connectivity index (χ3v) is 6.00. The number of ether oxygens (including phenoxy) is 2. The minimum absolute atomic E-state index is 0.0169. The van der Waals surface area contributed by atoms with Crippen molar-refractivity contribution in [1.29, 1.82) is 0 Å². The fourth-order valence-corrected chi connectivity index (χ4v) is 4.32. The van der Waals surface area contributed by atoms with Crippen molar-refractivity contribution in [2.45, 2.75) is 44.2 Å². The Kier molecular flexibility index (Phi) is 7.43. The average molecular weight is 425 g/mol. The van der Waals surface area contributed by atoms with Crippen molar-refractivity contribution in [2.24, 2.45) is 0 Å². The minimum Gasteiger partial charge on any atom is -0.486 e. The number of amides is 1. The quantitative estimate of drug-likeness (QED) is 0.647. The topological polar surface area (TPSA) is 71.0 Å². The van der Waals surface area contributed by atoms with Crippen LogP contribution in [0.1, 0.15) is 42.9 Å². The second-order valence-corrected chi connectivity index (χ2v) is 8.37. The lowest BCUT2D eigenvalue weighted by Gasteiger charge is -2.29. The second kappa shape index (κ2) is 10.6. The summed E-state index contributed by atoms with van der Waals surface area (Å²) in [6.45, 7) is 3.69. The molecule has 2 aromatic rings. The van der Waals surface area contributed by atoms with Crippen LogP contribution in [0.25, 0.3) is 0 Å². The standard InChI is InChI=1S/C25H32N2O4/c28-24(10-6-9-19-7-2-1-3-8-19)26-21(18-27-13-4-5-14-27)25(29)20-11-12-22-23(17-20)31-16-15-30-22/h1-3,7-8,11-12,17,21,25,29H,4-6,9-10,13-16,18H2,(H,26,28). The predicted molar refractivity (Wildman–Crippen MR) is 119 cm³/mol. The first-order chi connectivity index (χ1) is 15.2. The fourth-order valence-electron chi connectivity index (χ4n) is 4.32. The largest absolute Gasteiger partial charge is 0.486 e. The molecule has 0 saturated carbocycles. The molecule has 2 aromatic carbocycles. The van der Waals surface area contributed by atoms with Gasteiger partial charge in [0.1, 0.15) is 19.3 Å². The normalized spacial score (nSPS) is 17.8. The van der Waals surface area contributed by atoms with Gasteiger partial charge in [-0.25, -0.2) is 0 Å². The van der Waals surface area contributed by atoms with Crippen molar-refractivity contribution in [3.8, 4) is 11.5 Å². The van der Waals surface area contributed by atoms with Crippen molar-refractivity contribution in [1.82, 2.24) is 10.2 Å². The Labute approximate surface area is 184 Å². The zero-order valence-corrected chi connectivity index (χ0v) is 18.0. The van der Waals surface area contributed by atoms with Gasteiger partial charge in [0.25, 0.3) is 0 Å². The number of nitrogens with one attached hydrogen (secondary N) is 1. The number of aliphatic hydroxyl groups excluding tert-OH is 1. The number of likely N-dealkylation sites (tertiary alicyclic amines) is 1. The summed E-state index contributed by atoms with van der Waals surface area (Å²) in [5.74, 6) is 1.33. The molecule has 0 spiro atoms. The molecule has 2 atom stereocenters. The van der Waals surface area contributed by atoms with Crippen LogP contribution in [0.2, 0.25) is 0 Å². The van der Waals surface area contributed by atoms with E-state index in [1.807, 2.05) is 36.4 Å². The number of fused-ring (bicyclic) bond motifs is 1. The zero-order valence-electron chi connectivity index (χ0n) is 18.0. The number of carbonyl (C=O) groups is 1. The van der Waals surface area contributed by atoms with Crippen LogP contribution in [0.4, 0.5) is 0 Å². The van der Waals surface area contributed by atoms with Crippen LogP contribution in [-0.2, 0) is 11.2 Å². The smallest absolute Gasteiger partial charge is 0.220 e. The molecule has 0 radical (unpaired) electrons. The van der Waals surface area contributed by atoms with Gasteiger partial charge in [-0.05, 0) is 62.0 Å². The Balaban J connectivity index is 1.39. The number of rotatable bonds is 9. The summed E-state index contributed by atoms with van der Waals surface area (Å²) in [6, 6.07) is 15.4. The Hall–Kier alpha value is -2.57. The van der Waals surface area contributed by atoms with E-state index in [4.69, 9.17) is 9.47 Å². The number of aliphatic hydroxyl groups is 1. The van der Waals surface area contributed by atoms with Crippen LogP contribution in [0, 0.1) is 0 Å². The van der Waals surface area contributed by atoms with Crippen LogP contribution in [0.15, 0.2) is 48.5 Å². The molecular formula is C25H32N2O4. The monoisotopic (exact) mass is 424 g/mol. The van der Waals surface area contributed by atoms with Crippen LogP contribution < -0.4 is 14.8 Å². The molecule has 0 aromatic heterocycles. The number of hydrogen-bond donors (Lipinski definition) is 2. The molecule has 6 nitrogen and oxygen atoms in total. The highest BCUT2D eigenvalue weighted by Crippen LogP contribution is 2.33. The molecule has 0 aliphatic carbocycles. The third-order valence-electron chi connectivity index (χ3n) is 6.00. The Morgan fingerprint density at radius 1 is 1.03 bits per heavy atom. The molecular weight excluding hydrogens is 392 g/mol. The summed E-state index contributed by atoms with van der Waals surface area (Å²) in [4.78, 5) is 15.0. The van der Waals surface area contributed by atoms with Gasteiger partial charge in [0.05, 0.1) is 6.04 Å². The molecule has 166 valence electrons. The SMILES string of the molecule is O=C(CCCc1ccccc1)NC(CN1CCCC1)C(O)c1ccc2c(c1)OCCO2. The molecule has 2 aliphatic heterocycles. The number of carbonyl (C=O) groups excluding carboxylic acids is 1. The van der Waals surface area contributed by atoms with E-state index in [-0.39, 0.29) is 11.9 Å². The van der Waals surface area contributed by atoms with Crippen molar-refractivity contribution in [2.75, 3.05) is 32.8 Å². The number of nitrogens with zero attached hydrogens (tertiary/aromatic N) is 1. The van der Waals surface area contributed by atoms with E-state index < -0.39 is 6.10 Å². The molecule has 1 saturated heterocycles. The molecule has 6 heteroatoms. The van der Waals surface area contributed by atoms with Gasteiger partial charge in [-0.15, -0.1) is 0 Å². The van der Waals surface area contributed by atoms with Crippen molar-refractivity contribution < 1.29 is 19.4 Å². The molecule has 2 N–H and O–H groups in total. The number of benzene rings is 2. The Morgan fingerprint density at radius 2 is 1.77 bits per heavy atom. The van der Waals surface area contributed by atoms with Crippen molar-refractivity contribution in [3.63, 3.8) is 0 Å². The van der Waals surface area contributed by atoms with Gasteiger partial charge in [-0.2, -0.15) is 0 Å². The lowest BCUT2D eigenvalue weighted by Crippen LogP contribution is -2.46. The highest BCUT2D eigenvalue weighted by molar-refractivity contribution is 5.76. The van der Waals surface area contributed by atoms with E-state index in [2.05, 4.69) is 22.3 Å². The molecule has 2 unspecified atom stereocenters. The van der Waals surface area contributed by atoms with E-state index in [0.717, 1.165) is 44.3 Å². The van der Waals surface area contributed by atoms with Crippen LogP contribution in [0.5, 0.6) is 11.5 Å². The third kappa shape index (κ3) is 5.99. The van der Waals surface area contributed by atoms with E-state index in [1.54, 1.807) is 0 Å². The van der Waals surface area contributed by atoms with E-state index in [0.29, 0.717) is 37.7 Å². The van der Waals surface area contributed by atoms with Crippen molar-refractivity contribution >= 4 is 5.91 Å². The fraction of sp³-hybridized carbons (Fsp3) is 0.480. The Morgan fingerprint density at radius 3 is 2.55 bits per heavy atom. The zero-order chi connectivity index (χ0) is 21.5. The summed E-state index contributed by atoms with van der Waals surface area (Å²) in [6.07, 6.45) is 3.62. The van der Waals surface area contributed by atoms with Gasteiger partial charge >= 0.3 is 0 Å². The molecule has 2 aliphatic rings. The number of hydrogen-bond acceptors (Lipinski definition) is 5. The number of aryl methyl sites for hydroxylation is 1. The summed E-state index contributed by atoms with van der Waals surface area (Å²) in [7, 11) is 0. The lowest BCUT2D eigenvalue weighted by molar-refractivity contribution is -0.123. The maximum Gasteiger partial charge on any atom is 0.220 e. The minimum atomic E-state index is -0.811. The van der Waals surface area contributed by atoms with E-state index in [1.165, 1.54) is 5.56 Å². The summed E-state index contributed by atoms with van der Waals surface area (Å²) < 4.78 is 11.3. The summed E-state index contributed by atoms with van der Waals surface area (Å²) in [5.41, 5.74) is 1.97. The van der Waals surface area contributed by atoms with Crippen LogP contribution in [0.3, 0.4) is 0 Å². The highest BCUT2D eigenvalue weighted by atomic mass is 16.6. The maximum absolute atomic E-state index is 12.7. The van der Waals surface area contributed by atoms with Crippen molar-refractivity contribution in [3.05, 3.63) is 59.7 Å². The summed E-state index contributed by atoms with van der Waals surface area (Å²) >= 11 is 0. The van der Waals surface area contributed by atoms with Gasteiger partial charge < -0.3 is 24.8 Å². The van der Waals surface area contributed by atoms with Crippen LogP contribution >= 0.6 is 0 Å². The van der Waals surface area contributed by atoms with E-state index >= 15 is 0 Å². The predicted octanol–water partition coefficient (Wildman–Crippen LogP) is 3.09. The maximum atomic E-state index is 12.7. The van der Waals surface area contributed by atoms with Gasteiger partial charge in [-0.1, -0.05) is 36.4 Å². The Bertz CT molecular complexity index is 852. The van der Waals surface area contributed by atoms with Gasteiger partial charge in [0.15, 0.2) is 11.5 Å². The molecule has 1 amide bonds. The first kappa shape index (κ1) is 21.7. The van der Waals surface area contributed by atoms with Gasteiger partial charge in [0, 0.05) is 13.0 Å². The van der Waals surface area contributed by atoms with Gasteiger partial charge in [0.2, 0.25) is 5.91 Å². The molecule has 2 heterocycles. The first-order valence-corrected chi connectivity index (χ1v) is 11.3. The van der Waals surface area contributed by atoms with Gasteiger partial charge in [-0.3, -0.25) is 4.79 Å². The molecule has 1 fully saturated rings.